The number of rotatable bonds is 6. The van der Waals surface area contributed by atoms with Gasteiger partial charge in [0.25, 0.3) is 0 Å². The van der Waals surface area contributed by atoms with Crippen molar-refractivity contribution in [1.29, 1.82) is 0 Å². The quantitative estimate of drug-likeness (QED) is 0.868. The fourth-order valence-corrected chi connectivity index (χ4v) is 3.65. The molecule has 17 heavy (non-hydrogen) atoms. The van der Waals surface area contributed by atoms with Crippen molar-refractivity contribution < 1.29 is 8.42 Å². The second-order valence-corrected chi connectivity index (χ2v) is 8.21. The Bertz CT molecular complexity index is 456. The van der Waals surface area contributed by atoms with Crippen LogP contribution in [0.25, 0.3) is 0 Å². The monoisotopic (exact) mass is 294 g/mol. The summed E-state index contributed by atoms with van der Waals surface area (Å²) in [6.45, 7) is 1.66. The minimum atomic E-state index is -3.08. The molecule has 0 radical (unpaired) electrons. The molecule has 0 fully saturated rings. The van der Waals surface area contributed by atoms with Crippen molar-refractivity contribution in [3.8, 4) is 0 Å². The number of thiazole rings is 1. The first-order chi connectivity index (χ1) is 7.86. The van der Waals surface area contributed by atoms with E-state index in [1.807, 2.05) is 11.6 Å². The zero-order valence-corrected chi connectivity index (χ0v) is 12.7. The van der Waals surface area contributed by atoms with Crippen molar-refractivity contribution in [2.75, 3.05) is 18.3 Å². The molecule has 7 heteroatoms. The van der Waals surface area contributed by atoms with Gasteiger partial charge in [0.2, 0.25) is 0 Å². The van der Waals surface area contributed by atoms with E-state index in [9.17, 15) is 8.42 Å². The molecule has 0 aliphatic carbocycles. The lowest BCUT2D eigenvalue weighted by Gasteiger charge is -2.08. The molecule has 0 amide bonds. The van der Waals surface area contributed by atoms with Crippen molar-refractivity contribution >= 4 is 32.9 Å². The summed E-state index contributed by atoms with van der Waals surface area (Å²) < 4.78 is 22.8. The summed E-state index contributed by atoms with van der Waals surface area (Å²) in [4.78, 5) is 4.33. The van der Waals surface area contributed by atoms with Gasteiger partial charge in [0.1, 0.15) is 10.3 Å². The van der Waals surface area contributed by atoms with E-state index in [1.165, 1.54) is 17.6 Å². The molecule has 1 aromatic heterocycles. The summed E-state index contributed by atoms with van der Waals surface area (Å²) in [7, 11) is -3.08. The lowest BCUT2D eigenvalue weighted by Crippen LogP contribution is -2.13. The lowest BCUT2D eigenvalue weighted by molar-refractivity contribution is 0.591. The van der Waals surface area contributed by atoms with E-state index in [2.05, 4.69) is 4.98 Å². The van der Waals surface area contributed by atoms with Crippen LogP contribution in [0.1, 0.15) is 35.3 Å². The van der Waals surface area contributed by atoms with Crippen LogP contribution in [0.15, 0.2) is 5.38 Å². The van der Waals surface area contributed by atoms with E-state index in [0.29, 0.717) is 5.01 Å². The third-order valence-corrected chi connectivity index (χ3v) is 5.89. The van der Waals surface area contributed by atoms with Crippen LogP contribution in [0.4, 0.5) is 0 Å². The molecule has 2 N–H and O–H groups in total. The Balaban J connectivity index is 2.78. The van der Waals surface area contributed by atoms with Crippen LogP contribution >= 0.6 is 23.1 Å². The van der Waals surface area contributed by atoms with E-state index < -0.39 is 15.1 Å². The van der Waals surface area contributed by atoms with E-state index in [1.54, 1.807) is 18.7 Å². The molecule has 0 spiro atoms. The zero-order chi connectivity index (χ0) is 13.1. The van der Waals surface area contributed by atoms with E-state index in [4.69, 9.17) is 5.73 Å². The van der Waals surface area contributed by atoms with Gasteiger partial charge in [-0.25, -0.2) is 13.4 Å². The van der Waals surface area contributed by atoms with Crippen molar-refractivity contribution in [3.63, 3.8) is 0 Å². The average molecular weight is 294 g/mol. The summed E-state index contributed by atoms with van der Waals surface area (Å²) in [5.41, 5.74) is 6.79. The van der Waals surface area contributed by atoms with E-state index in [0.717, 1.165) is 17.9 Å². The summed E-state index contributed by atoms with van der Waals surface area (Å²) in [6.07, 6.45) is 4.12. The predicted molar refractivity (Wildman–Crippen MR) is 75.3 cm³/mol. The molecule has 2 atom stereocenters. The van der Waals surface area contributed by atoms with Crippen LogP contribution in [-0.2, 0) is 9.84 Å². The molecule has 1 aromatic rings. The first-order valence-corrected chi connectivity index (χ1v) is 9.47. The van der Waals surface area contributed by atoms with Crippen LogP contribution in [0, 0.1) is 0 Å². The number of aromatic nitrogens is 1. The maximum absolute atomic E-state index is 11.4. The zero-order valence-electron chi connectivity index (χ0n) is 10.2. The van der Waals surface area contributed by atoms with Gasteiger partial charge >= 0.3 is 0 Å². The SMILES string of the molecule is CSCCC(N)c1csc(C(C)S(C)(=O)=O)n1. The number of thioether (sulfide) groups is 1. The minimum Gasteiger partial charge on any atom is -0.323 e. The second-order valence-electron chi connectivity index (χ2n) is 3.97. The van der Waals surface area contributed by atoms with Crippen LogP contribution in [0.3, 0.4) is 0 Å². The fourth-order valence-electron chi connectivity index (χ4n) is 1.23. The first-order valence-electron chi connectivity index (χ1n) is 5.25. The van der Waals surface area contributed by atoms with Gasteiger partial charge in [0.15, 0.2) is 9.84 Å². The molecule has 0 bridgehead atoms. The largest absolute Gasteiger partial charge is 0.323 e. The normalized spacial score (nSPS) is 15.8. The average Bonchev–Trinajstić information content (AvgIpc) is 2.72. The molecule has 4 nitrogen and oxygen atoms in total. The number of nitrogens with zero attached hydrogens (tertiary/aromatic N) is 1. The van der Waals surface area contributed by atoms with Gasteiger partial charge in [-0.3, -0.25) is 0 Å². The molecule has 98 valence electrons. The lowest BCUT2D eigenvalue weighted by atomic mass is 10.2. The molecule has 0 saturated heterocycles. The highest BCUT2D eigenvalue weighted by Gasteiger charge is 2.21. The number of hydrogen-bond acceptors (Lipinski definition) is 6. The van der Waals surface area contributed by atoms with Gasteiger partial charge < -0.3 is 5.73 Å². The Morgan fingerprint density at radius 3 is 2.76 bits per heavy atom. The summed E-state index contributed by atoms with van der Waals surface area (Å²) >= 11 is 3.11. The van der Waals surface area contributed by atoms with Crippen LogP contribution in [0.2, 0.25) is 0 Å². The Morgan fingerprint density at radius 1 is 1.59 bits per heavy atom. The molecule has 0 saturated carbocycles. The molecule has 1 rings (SSSR count). The molecular weight excluding hydrogens is 276 g/mol. The van der Waals surface area contributed by atoms with Gasteiger partial charge in [-0.2, -0.15) is 11.8 Å². The van der Waals surface area contributed by atoms with Gasteiger partial charge in [-0.1, -0.05) is 0 Å². The van der Waals surface area contributed by atoms with E-state index >= 15 is 0 Å². The second kappa shape index (κ2) is 6.17. The van der Waals surface area contributed by atoms with E-state index in [-0.39, 0.29) is 6.04 Å². The highest BCUT2D eigenvalue weighted by molar-refractivity contribution is 7.98. The highest BCUT2D eigenvalue weighted by atomic mass is 32.2. The topological polar surface area (TPSA) is 73.1 Å². The van der Waals surface area contributed by atoms with Gasteiger partial charge in [0, 0.05) is 17.7 Å². The smallest absolute Gasteiger partial charge is 0.156 e. The Hall–Kier alpha value is -0.110. The minimum absolute atomic E-state index is 0.0980. The van der Waals surface area contributed by atoms with Gasteiger partial charge in [-0.05, 0) is 25.4 Å². The molecule has 0 aromatic carbocycles. The first kappa shape index (κ1) is 14.9. The third kappa shape index (κ3) is 4.24. The predicted octanol–water partition coefficient (Wildman–Crippen LogP) is 2.00. The van der Waals surface area contributed by atoms with Crippen molar-refractivity contribution in [2.45, 2.75) is 24.6 Å². The Labute approximate surface area is 111 Å². The molecular formula is C10H18N2O2S3. The summed E-state index contributed by atoms with van der Waals surface area (Å²) in [5, 5.41) is 1.94. The summed E-state index contributed by atoms with van der Waals surface area (Å²) in [5.74, 6) is 0.982. The highest BCUT2D eigenvalue weighted by Crippen LogP contribution is 2.27. The Kier molecular flexibility index (Phi) is 5.43. The molecule has 1 heterocycles. The van der Waals surface area contributed by atoms with Crippen LogP contribution < -0.4 is 5.73 Å². The van der Waals surface area contributed by atoms with Crippen molar-refractivity contribution in [1.82, 2.24) is 4.98 Å². The van der Waals surface area contributed by atoms with Gasteiger partial charge in [-0.15, -0.1) is 11.3 Å². The number of sulfone groups is 1. The molecule has 2 unspecified atom stereocenters. The van der Waals surface area contributed by atoms with Crippen LogP contribution in [-0.4, -0.2) is 31.7 Å². The van der Waals surface area contributed by atoms with Gasteiger partial charge in [0.05, 0.1) is 5.69 Å². The molecule has 0 aliphatic rings. The maximum atomic E-state index is 11.4. The van der Waals surface area contributed by atoms with Crippen LogP contribution in [0.5, 0.6) is 0 Å². The Morgan fingerprint density at radius 2 is 2.24 bits per heavy atom. The summed E-state index contributed by atoms with van der Waals surface area (Å²) in [6, 6.07) is -0.0980. The van der Waals surface area contributed by atoms with Crippen molar-refractivity contribution in [2.24, 2.45) is 5.73 Å². The fraction of sp³-hybridized carbons (Fsp3) is 0.700. The molecule has 0 aliphatic heterocycles. The standard InChI is InChI=1S/C10H18N2O2S3/c1-7(17(3,13)14)10-12-9(6-16-10)8(11)4-5-15-2/h6-8H,4-5,11H2,1-3H3. The van der Waals surface area contributed by atoms with Crippen molar-refractivity contribution in [3.05, 3.63) is 16.1 Å². The third-order valence-electron chi connectivity index (χ3n) is 2.54. The number of nitrogens with two attached hydrogens (primary N) is 1. The number of hydrogen-bond donors (Lipinski definition) is 1. The maximum Gasteiger partial charge on any atom is 0.156 e.